The van der Waals surface area contributed by atoms with E-state index in [-0.39, 0.29) is 6.61 Å². The maximum absolute atomic E-state index is 13.4. The zero-order chi connectivity index (χ0) is 22.1. The number of pyridine rings is 1. The molecule has 0 radical (unpaired) electrons. The minimum atomic E-state index is -5.13. The number of anilines is 1. The summed E-state index contributed by atoms with van der Waals surface area (Å²) in [7, 11) is 0. The van der Waals surface area contributed by atoms with Gasteiger partial charge in [-0.1, -0.05) is 0 Å². The third-order valence-electron chi connectivity index (χ3n) is 4.18. The monoisotopic (exact) mass is 437 g/mol. The van der Waals surface area contributed by atoms with Crippen LogP contribution in [0.2, 0.25) is 0 Å². The number of halogens is 6. The van der Waals surface area contributed by atoms with Crippen LogP contribution in [0.1, 0.15) is 5.56 Å². The van der Waals surface area contributed by atoms with E-state index in [2.05, 4.69) is 4.98 Å². The van der Waals surface area contributed by atoms with Gasteiger partial charge >= 0.3 is 12.4 Å². The smallest absolute Gasteiger partial charge is 0.433 e. The Bertz CT molecular complexity index is 907. The van der Waals surface area contributed by atoms with Crippen molar-refractivity contribution in [1.82, 2.24) is 4.98 Å². The van der Waals surface area contributed by atoms with Crippen LogP contribution in [0, 0.1) is 10.1 Å². The first kappa shape index (κ1) is 21.6. The number of alkyl halides is 6. The highest BCUT2D eigenvalue weighted by Gasteiger charge is 2.51. The van der Waals surface area contributed by atoms with Gasteiger partial charge in [-0.2, -0.15) is 26.3 Å². The highest BCUT2D eigenvalue weighted by molar-refractivity contribution is 5.57. The predicted molar refractivity (Wildman–Crippen MR) is 89.9 cm³/mol. The predicted octanol–water partition coefficient (Wildman–Crippen LogP) is 4.18. The van der Waals surface area contributed by atoms with E-state index in [1.807, 2.05) is 0 Å². The molecule has 1 saturated heterocycles. The number of nitrogens with zero attached hydrogens (tertiary/aromatic N) is 3. The van der Waals surface area contributed by atoms with Gasteiger partial charge in [0.1, 0.15) is 24.0 Å². The Morgan fingerprint density at radius 3 is 2.40 bits per heavy atom. The second-order valence-electron chi connectivity index (χ2n) is 6.25. The number of nitro benzene ring substituents is 1. The molecule has 0 N–H and O–H groups in total. The third-order valence-corrected chi connectivity index (χ3v) is 4.18. The highest BCUT2D eigenvalue weighted by atomic mass is 19.4. The van der Waals surface area contributed by atoms with Gasteiger partial charge < -0.3 is 14.4 Å². The third kappa shape index (κ3) is 4.72. The molecule has 1 aromatic carbocycles. The lowest BCUT2D eigenvalue weighted by Crippen LogP contribution is -2.42. The number of hydrogen-bond donors (Lipinski definition) is 0. The number of hydrogen-bond acceptors (Lipinski definition) is 6. The molecule has 0 amide bonds. The van der Waals surface area contributed by atoms with Gasteiger partial charge in [0.2, 0.25) is 6.23 Å². The van der Waals surface area contributed by atoms with Crippen LogP contribution in [-0.2, 0) is 10.9 Å². The SMILES string of the molecule is O=[N+]([O-])c1ccc(N2C[C@@H](COc3ccncc3)O[C@@H]2C(F)(F)F)cc1C(F)(F)F. The maximum Gasteiger partial charge on any atom is 0.433 e. The molecule has 13 heteroatoms. The van der Waals surface area contributed by atoms with Gasteiger partial charge in [0.15, 0.2) is 0 Å². The van der Waals surface area contributed by atoms with Gasteiger partial charge in [-0.05, 0) is 24.3 Å². The largest absolute Gasteiger partial charge is 0.491 e. The van der Waals surface area contributed by atoms with E-state index in [9.17, 15) is 36.5 Å². The number of benzene rings is 1. The molecule has 162 valence electrons. The summed E-state index contributed by atoms with van der Waals surface area (Å²) in [5, 5.41) is 10.9. The van der Waals surface area contributed by atoms with Crippen molar-refractivity contribution < 1.29 is 40.7 Å². The number of aromatic nitrogens is 1. The molecular formula is C17H13F6N3O4. The Balaban J connectivity index is 1.87. The van der Waals surface area contributed by atoms with Crippen LogP contribution >= 0.6 is 0 Å². The number of ether oxygens (including phenoxy) is 2. The van der Waals surface area contributed by atoms with Gasteiger partial charge in [-0.15, -0.1) is 0 Å². The lowest BCUT2D eigenvalue weighted by atomic mass is 10.1. The van der Waals surface area contributed by atoms with Crippen LogP contribution in [0.25, 0.3) is 0 Å². The van der Waals surface area contributed by atoms with Gasteiger partial charge in [0.25, 0.3) is 5.69 Å². The van der Waals surface area contributed by atoms with Crippen molar-refractivity contribution >= 4 is 11.4 Å². The quantitative estimate of drug-likeness (QED) is 0.397. The Morgan fingerprint density at radius 1 is 1.17 bits per heavy atom. The fraction of sp³-hybridized carbons (Fsp3) is 0.353. The van der Waals surface area contributed by atoms with E-state index in [0.29, 0.717) is 22.8 Å². The van der Waals surface area contributed by atoms with Crippen molar-refractivity contribution in [2.75, 3.05) is 18.1 Å². The van der Waals surface area contributed by atoms with Crippen LogP contribution in [0.5, 0.6) is 5.75 Å². The lowest BCUT2D eigenvalue weighted by molar-refractivity contribution is -0.388. The molecule has 30 heavy (non-hydrogen) atoms. The van der Waals surface area contributed by atoms with E-state index >= 15 is 0 Å². The fourth-order valence-corrected chi connectivity index (χ4v) is 2.91. The molecule has 0 unspecified atom stereocenters. The van der Waals surface area contributed by atoms with Crippen molar-refractivity contribution in [3.63, 3.8) is 0 Å². The fourth-order valence-electron chi connectivity index (χ4n) is 2.91. The van der Waals surface area contributed by atoms with Gasteiger partial charge in [0.05, 0.1) is 11.5 Å². The molecule has 0 bridgehead atoms. The Morgan fingerprint density at radius 2 is 1.83 bits per heavy atom. The van der Waals surface area contributed by atoms with E-state index in [1.165, 1.54) is 24.5 Å². The van der Waals surface area contributed by atoms with Crippen molar-refractivity contribution in [1.29, 1.82) is 0 Å². The standard InChI is InChI=1S/C17H13F6N3O4/c18-16(19,20)13-7-10(1-2-14(13)26(27)28)25-8-12(30-15(25)17(21,22)23)9-29-11-3-5-24-6-4-11/h1-7,12,15H,8-9H2/t12-,15+/m0/s1. The minimum absolute atomic E-state index is 0.299. The summed E-state index contributed by atoms with van der Waals surface area (Å²) in [4.78, 5) is 13.9. The topological polar surface area (TPSA) is 77.7 Å². The average Bonchev–Trinajstić information content (AvgIpc) is 3.11. The second-order valence-corrected chi connectivity index (χ2v) is 6.25. The summed E-state index contributed by atoms with van der Waals surface area (Å²) in [6, 6.07) is 4.60. The molecule has 3 rings (SSSR count). The van der Waals surface area contributed by atoms with E-state index in [4.69, 9.17) is 9.47 Å². The molecule has 1 aromatic heterocycles. The molecule has 0 saturated carbocycles. The minimum Gasteiger partial charge on any atom is -0.491 e. The van der Waals surface area contributed by atoms with Crippen LogP contribution < -0.4 is 9.64 Å². The Labute approximate surface area is 165 Å². The lowest BCUT2D eigenvalue weighted by Gasteiger charge is -2.27. The van der Waals surface area contributed by atoms with Gasteiger partial charge in [-0.3, -0.25) is 15.1 Å². The first-order chi connectivity index (χ1) is 14.0. The highest BCUT2D eigenvalue weighted by Crippen LogP contribution is 2.41. The van der Waals surface area contributed by atoms with Crippen molar-refractivity contribution in [3.05, 3.63) is 58.4 Å². The molecule has 2 aromatic rings. The van der Waals surface area contributed by atoms with E-state index in [0.717, 1.165) is 6.07 Å². The van der Waals surface area contributed by atoms with Crippen molar-refractivity contribution in [3.8, 4) is 5.75 Å². The Kier molecular flexibility index (Phi) is 5.74. The molecule has 1 aliphatic rings. The van der Waals surface area contributed by atoms with Crippen molar-refractivity contribution in [2.24, 2.45) is 0 Å². The summed E-state index contributed by atoms with van der Waals surface area (Å²) < 4.78 is 90.2. The summed E-state index contributed by atoms with van der Waals surface area (Å²) in [5.41, 5.74) is -3.42. The zero-order valence-electron chi connectivity index (χ0n) is 14.9. The maximum atomic E-state index is 13.4. The molecular weight excluding hydrogens is 424 g/mol. The Hall–Kier alpha value is -3.09. The van der Waals surface area contributed by atoms with E-state index < -0.39 is 53.1 Å². The number of nitro groups is 1. The van der Waals surface area contributed by atoms with Gasteiger partial charge in [0, 0.05) is 24.1 Å². The van der Waals surface area contributed by atoms with Crippen LogP contribution in [0.3, 0.4) is 0 Å². The molecule has 1 fully saturated rings. The molecule has 0 spiro atoms. The second kappa shape index (κ2) is 7.97. The molecule has 0 aliphatic carbocycles. The van der Waals surface area contributed by atoms with Crippen molar-refractivity contribution in [2.45, 2.75) is 24.7 Å². The van der Waals surface area contributed by atoms with Crippen LogP contribution in [0.4, 0.5) is 37.7 Å². The molecule has 7 nitrogen and oxygen atoms in total. The summed E-state index contributed by atoms with van der Waals surface area (Å²) in [6.07, 6.45) is -10.9. The molecule has 2 heterocycles. The van der Waals surface area contributed by atoms with Crippen LogP contribution in [0.15, 0.2) is 42.7 Å². The summed E-state index contributed by atoms with van der Waals surface area (Å²) in [5.74, 6) is 0.324. The first-order valence-corrected chi connectivity index (χ1v) is 8.34. The summed E-state index contributed by atoms with van der Waals surface area (Å²) >= 11 is 0. The van der Waals surface area contributed by atoms with E-state index in [1.54, 1.807) is 0 Å². The average molecular weight is 437 g/mol. The first-order valence-electron chi connectivity index (χ1n) is 8.34. The normalized spacial score (nSPS) is 19.7. The molecule has 1 aliphatic heterocycles. The van der Waals surface area contributed by atoms with Crippen LogP contribution in [-0.4, -0.2) is 41.6 Å². The summed E-state index contributed by atoms with van der Waals surface area (Å²) in [6.45, 7) is -0.740. The van der Waals surface area contributed by atoms with Gasteiger partial charge in [-0.25, -0.2) is 0 Å². The molecule has 2 atom stereocenters. The zero-order valence-corrected chi connectivity index (χ0v) is 14.9. The number of rotatable bonds is 5.